The van der Waals surface area contributed by atoms with E-state index in [9.17, 15) is 0 Å². The lowest BCUT2D eigenvalue weighted by molar-refractivity contribution is 0.336. The van der Waals surface area contributed by atoms with Gasteiger partial charge in [0.05, 0.1) is 0 Å². The molecule has 0 amide bonds. The third-order valence-corrected chi connectivity index (χ3v) is 4.96. The molecule has 0 unspecified atom stereocenters. The summed E-state index contributed by atoms with van der Waals surface area (Å²) < 4.78 is 1.41. The van der Waals surface area contributed by atoms with E-state index in [1.165, 1.54) is 31.7 Å². The SMILES string of the molecule is Cc1ccc2sc(CN)c3c2c1CCN(C)C3. The molecule has 0 bridgehead atoms. The van der Waals surface area contributed by atoms with Crippen molar-refractivity contribution in [3.8, 4) is 0 Å². The third-order valence-electron chi connectivity index (χ3n) is 3.74. The van der Waals surface area contributed by atoms with Crippen molar-refractivity contribution >= 4 is 21.4 Å². The maximum absolute atomic E-state index is 5.89. The zero-order chi connectivity index (χ0) is 12.0. The Labute approximate surface area is 106 Å². The van der Waals surface area contributed by atoms with E-state index in [4.69, 9.17) is 5.73 Å². The fourth-order valence-corrected chi connectivity index (χ4v) is 3.91. The van der Waals surface area contributed by atoms with Crippen LogP contribution in [0.2, 0.25) is 0 Å². The van der Waals surface area contributed by atoms with Gasteiger partial charge in [-0.05, 0) is 43.1 Å². The maximum atomic E-state index is 5.89. The van der Waals surface area contributed by atoms with E-state index in [1.807, 2.05) is 11.3 Å². The summed E-state index contributed by atoms with van der Waals surface area (Å²) in [5.74, 6) is 0. The molecule has 2 aromatic rings. The minimum atomic E-state index is 0.668. The summed E-state index contributed by atoms with van der Waals surface area (Å²) in [7, 11) is 2.20. The average Bonchev–Trinajstić information content (AvgIpc) is 2.56. The lowest BCUT2D eigenvalue weighted by atomic mass is 9.99. The van der Waals surface area contributed by atoms with Gasteiger partial charge in [0.1, 0.15) is 0 Å². The number of hydrogen-bond donors (Lipinski definition) is 1. The van der Waals surface area contributed by atoms with E-state index in [1.54, 1.807) is 0 Å². The molecular weight excluding hydrogens is 228 g/mol. The first-order valence-electron chi connectivity index (χ1n) is 6.12. The molecule has 0 aliphatic carbocycles. The van der Waals surface area contributed by atoms with Crippen molar-refractivity contribution in [3.63, 3.8) is 0 Å². The third kappa shape index (κ3) is 1.69. The zero-order valence-electron chi connectivity index (χ0n) is 10.4. The number of rotatable bonds is 1. The van der Waals surface area contributed by atoms with Gasteiger partial charge in [-0.15, -0.1) is 11.3 Å². The Bertz CT molecular complexity index is 571. The second-order valence-corrected chi connectivity index (χ2v) is 6.07. The summed E-state index contributed by atoms with van der Waals surface area (Å²) in [6.45, 7) is 5.08. The zero-order valence-corrected chi connectivity index (χ0v) is 11.2. The van der Waals surface area contributed by atoms with Gasteiger partial charge < -0.3 is 10.6 Å². The highest BCUT2D eigenvalue weighted by Gasteiger charge is 2.20. The molecule has 17 heavy (non-hydrogen) atoms. The van der Waals surface area contributed by atoms with E-state index in [0.717, 1.165) is 19.5 Å². The predicted octanol–water partition coefficient (Wildman–Crippen LogP) is 2.66. The van der Waals surface area contributed by atoms with E-state index in [2.05, 4.69) is 31.0 Å². The standard InChI is InChI=1S/C14H18N2S/c1-9-3-4-12-14-10(9)5-6-16(2)8-11(14)13(7-15)17-12/h3-4H,5-8,15H2,1-2H3. The van der Waals surface area contributed by atoms with Gasteiger partial charge in [0.25, 0.3) is 0 Å². The van der Waals surface area contributed by atoms with Crippen molar-refractivity contribution in [1.29, 1.82) is 0 Å². The fraction of sp³-hybridized carbons (Fsp3) is 0.429. The summed E-state index contributed by atoms with van der Waals surface area (Å²) in [6.07, 6.45) is 1.16. The summed E-state index contributed by atoms with van der Waals surface area (Å²) >= 11 is 1.87. The Morgan fingerprint density at radius 1 is 1.35 bits per heavy atom. The molecule has 1 aliphatic rings. The summed E-state index contributed by atoms with van der Waals surface area (Å²) in [5, 5.41) is 1.50. The summed E-state index contributed by atoms with van der Waals surface area (Å²) in [6, 6.07) is 4.51. The van der Waals surface area contributed by atoms with E-state index in [-0.39, 0.29) is 0 Å². The molecule has 3 heteroatoms. The highest BCUT2D eigenvalue weighted by atomic mass is 32.1. The van der Waals surface area contributed by atoms with Gasteiger partial charge in [0.2, 0.25) is 0 Å². The van der Waals surface area contributed by atoms with Crippen molar-refractivity contribution in [2.24, 2.45) is 5.73 Å². The number of likely N-dealkylation sites (N-methyl/N-ethyl adjacent to an activating group) is 1. The van der Waals surface area contributed by atoms with Crippen molar-refractivity contribution in [2.45, 2.75) is 26.4 Å². The van der Waals surface area contributed by atoms with E-state index < -0.39 is 0 Å². The molecule has 3 rings (SSSR count). The lowest BCUT2D eigenvalue weighted by Gasteiger charge is -2.13. The molecule has 2 N–H and O–H groups in total. The number of benzene rings is 1. The lowest BCUT2D eigenvalue weighted by Crippen LogP contribution is -2.19. The Hall–Kier alpha value is -0.900. The Morgan fingerprint density at radius 3 is 2.94 bits per heavy atom. The minimum Gasteiger partial charge on any atom is -0.326 e. The fourth-order valence-electron chi connectivity index (χ4n) is 2.79. The molecule has 0 saturated carbocycles. The minimum absolute atomic E-state index is 0.668. The first-order valence-corrected chi connectivity index (χ1v) is 6.93. The quantitative estimate of drug-likeness (QED) is 0.838. The van der Waals surface area contributed by atoms with Crippen LogP contribution >= 0.6 is 11.3 Å². The first-order chi connectivity index (χ1) is 8.20. The monoisotopic (exact) mass is 246 g/mol. The van der Waals surface area contributed by atoms with E-state index >= 15 is 0 Å². The molecule has 0 radical (unpaired) electrons. The van der Waals surface area contributed by atoms with Crippen molar-refractivity contribution in [1.82, 2.24) is 4.90 Å². The van der Waals surface area contributed by atoms with E-state index in [0.29, 0.717) is 6.54 Å². The molecule has 0 fully saturated rings. The number of nitrogens with two attached hydrogens (primary N) is 1. The molecule has 1 aliphatic heterocycles. The Balaban J connectivity index is 2.35. The molecular formula is C14H18N2S. The van der Waals surface area contributed by atoms with Crippen LogP contribution in [0.3, 0.4) is 0 Å². The summed E-state index contributed by atoms with van der Waals surface area (Å²) in [5.41, 5.74) is 10.3. The van der Waals surface area contributed by atoms with Crippen LogP contribution in [0.1, 0.15) is 21.6 Å². The van der Waals surface area contributed by atoms with Crippen LogP contribution in [0.4, 0.5) is 0 Å². The predicted molar refractivity (Wildman–Crippen MR) is 74.5 cm³/mol. The van der Waals surface area contributed by atoms with Crippen molar-refractivity contribution in [2.75, 3.05) is 13.6 Å². The Kier molecular flexibility index (Phi) is 2.69. The molecule has 1 aromatic carbocycles. The molecule has 2 heterocycles. The summed E-state index contributed by atoms with van der Waals surface area (Å²) in [4.78, 5) is 3.76. The van der Waals surface area contributed by atoms with Gasteiger partial charge in [-0.2, -0.15) is 0 Å². The van der Waals surface area contributed by atoms with Crippen LogP contribution in [-0.2, 0) is 19.5 Å². The van der Waals surface area contributed by atoms with Gasteiger partial charge in [0, 0.05) is 34.6 Å². The second-order valence-electron chi connectivity index (χ2n) is 4.93. The van der Waals surface area contributed by atoms with Crippen molar-refractivity contribution in [3.05, 3.63) is 33.7 Å². The molecule has 1 aromatic heterocycles. The van der Waals surface area contributed by atoms with Gasteiger partial charge in [-0.1, -0.05) is 6.07 Å². The smallest absolute Gasteiger partial charge is 0.0352 e. The van der Waals surface area contributed by atoms with Crippen LogP contribution in [0.15, 0.2) is 12.1 Å². The number of nitrogens with zero attached hydrogens (tertiary/aromatic N) is 1. The topological polar surface area (TPSA) is 29.3 Å². The highest BCUT2D eigenvalue weighted by Crippen LogP contribution is 2.37. The Morgan fingerprint density at radius 2 is 2.18 bits per heavy atom. The number of thiophene rings is 1. The molecule has 0 spiro atoms. The van der Waals surface area contributed by atoms with Crippen LogP contribution in [0, 0.1) is 6.92 Å². The van der Waals surface area contributed by atoms with Gasteiger partial charge in [-0.25, -0.2) is 0 Å². The number of hydrogen-bond acceptors (Lipinski definition) is 3. The van der Waals surface area contributed by atoms with Gasteiger partial charge in [-0.3, -0.25) is 0 Å². The second kappa shape index (κ2) is 4.09. The molecule has 90 valence electrons. The van der Waals surface area contributed by atoms with Gasteiger partial charge in [0.15, 0.2) is 0 Å². The van der Waals surface area contributed by atoms with Gasteiger partial charge >= 0.3 is 0 Å². The van der Waals surface area contributed by atoms with Crippen molar-refractivity contribution < 1.29 is 0 Å². The normalized spacial score (nSPS) is 16.4. The molecule has 2 nitrogen and oxygen atoms in total. The van der Waals surface area contributed by atoms with Crippen LogP contribution in [0.5, 0.6) is 0 Å². The molecule has 0 saturated heterocycles. The van der Waals surface area contributed by atoms with Crippen LogP contribution < -0.4 is 5.73 Å². The highest BCUT2D eigenvalue weighted by molar-refractivity contribution is 7.19. The van der Waals surface area contributed by atoms with Crippen LogP contribution in [0.25, 0.3) is 10.1 Å². The molecule has 0 atom stereocenters. The largest absolute Gasteiger partial charge is 0.326 e. The average molecular weight is 246 g/mol. The number of aryl methyl sites for hydroxylation is 1. The first kappa shape index (κ1) is 11.2. The van der Waals surface area contributed by atoms with Crippen LogP contribution in [-0.4, -0.2) is 18.5 Å². The maximum Gasteiger partial charge on any atom is 0.0352 e.